The molecule has 1 radical (unpaired) electrons. The standard InChI is InChI=1S/C12H15O2/c1-12(2,3)10-6-5-9(8-13)7-11(10)14-4/h5-7H,1-4H3. The molecule has 0 amide bonds. The third kappa shape index (κ3) is 2.13. The molecule has 0 aliphatic rings. The van der Waals surface area contributed by atoms with E-state index in [0.717, 1.165) is 11.3 Å². The lowest BCUT2D eigenvalue weighted by molar-refractivity contribution is 0.397. The molecule has 0 unspecified atom stereocenters. The summed E-state index contributed by atoms with van der Waals surface area (Å²) in [5.74, 6) is 0.748. The predicted octanol–water partition coefficient (Wildman–Crippen LogP) is 2.45. The van der Waals surface area contributed by atoms with Crippen LogP contribution in [0.1, 0.15) is 31.9 Å². The molecule has 0 aliphatic heterocycles. The van der Waals surface area contributed by atoms with E-state index in [4.69, 9.17) is 4.74 Å². The molecule has 0 saturated carbocycles. The first kappa shape index (κ1) is 10.8. The Morgan fingerprint density at radius 3 is 2.36 bits per heavy atom. The van der Waals surface area contributed by atoms with Crippen LogP contribution >= 0.6 is 0 Å². The third-order valence-corrected chi connectivity index (χ3v) is 2.13. The fourth-order valence-electron chi connectivity index (χ4n) is 1.37. The molecule has 0 aliphatic carbocycles. The van der Waals surface area contributed by atoms with E-state index in [9.17, 15) is 4.79 Å². The van der Waals surface area contributed by atoms with Gasteiger partial charge in [-0.05, 0) is 17.0 Å². The highest BCUT2D eigenvalue weighted by atomic mass is 16.5. The lowest BCUT2D eigenvalue weighted by Crippen LogP contribution is -2.12. The molecule has 1 aromatic carbocycles. The van der Waals surface area contributed by atoms with Crippen molar-refractivity contribution in [2.24, 2.45) is 0 Å². The molecule has 0 bridgehead atoms. The van der Waals surface area contributed by atoms with Gasteiger partial charge in [0.1, 0.15) is 5.75 Å². The summed E-state index contributed by atoms with van der Waals surface area (Å²) in [6.45, 7) is 6.32. The van der Waals surface area contributed by atoms with Gasteiger partial charge < -0.3 is 4.74 Å². The van der Waals surface area contributed by atoms with E-state index >= 15 is 0 Å². The summed E-state index contributed by atoms with van der Waals surface area (Å²) in [4.78, 5) is 10.5. The molecule has 75 valence electrons. The maximum absolute atomic E-state index is 10.5. The van der Waals surface area contributed by atoms with E-state index in [1.54, 1.807) is 19.2 Å². The van der Waals surface area contributed by atoms with Crippen LogP contribution < -0.4 is 4.74 Å². The molecule has 0 aromatic heterocycles. The van der Waals surface area contributed by atoms with Crippen molar-refractivity contribution in [1.29, 1.82) is 0 Å². The molecule has 2 nitrogen and oxygen atoms in total. The van der Waals surface area contributed by atoms with Crippen molar-refractivity contribution in [3.05, 3.63) is 29.3 Å². The van der Waals surface area contributed by atoms with Gasteiger partial charge in [-0.1, -0.05) is 32.9 Å². The molecule has 0 atom stereocenters. The number of carbonyl (C=O) groups excluding carboxylic acids is 1. The molecule has 14 heavy (non-hydrogen) atoms. The zero-order valence-electron chi connectivity index (χ0n) is 9.05. The van der Waals surface area contributed by atoms with E-state index in [1.165, 1.54) is 0 Å². The maximum atomic E-state index is 10.5. The molecule has 0 spiro atoms. The van der Waals surface area contributed by atoms with Gasteiger partial charge in [0.15, 0.2) is 0 Å². The fraction of sp³-hybridized carbons (Fsp3) is 0.417. The maximum Gasteiger partial charge on any atom is 0.233 e. The summed E-state index contributed by atoms with van der Waals surface area (Å²) in [5.41, 5.74) is 1.64. The van der Waals surface area contributed by atoms with Crippen molar-refractivity contribution >= 4 is 6.29 Å². The van der Waals surface area contributed by atoms with Gasteiger partial charge in [-0.15, -0.1) is 0 Å². The van der Waals surface area contributed by atoms with Crippen LogP contribution in [0.2, 0.25) is 0 Å². The van der Waals surface area contributed by atoms with Crippen molar-refractivity contribution in [2.45, 2.75) is 26.2 Å². The van der Waals surface area contributed by atoms with Gasteiger partial charge in [-0.3, -0.25) is 4.79 Å². The highest BCUT2D eigenvalue weighted by Gasteiger charge is 2.18. The van der Waals surface area contributed by atoms with E-state index < -0.39 is 0 Å². The summed E-state index contributed by atoms with van der Waals surface area (Å²) in [6.07, 6.45) is 1.85. The second-order valence-electron chi connectivity index (χ2n) is 4.27. The lowest BCUT2D eigenvalue weighted by atomic mass is 9.86. The average molecular weight is 191 g/mol. The summed E-state index contributed by atoms with van der Waals surface area (Å²) < 4.78 is 5.24. The normalized spacial score (nSPS) is 11.1. The number of hydrogen-bond donors (Lipinski definition) is 0. The summed E-state index contributed by atoms with van der Waals surface area (Å²) in [7, 11) is 1.61. The van der Waals surface area contributed by atoms with Crippen LogP contribution in [0.4, 0.5) is 0 Å². The van der Waals surface area contributed by atoms with Gasteiger partial charge in [0.25, 0.3) is 0 Å². The van der Waals surface area contributed by atoms with Gasteiger partial charge in [-0.25, -0.2) is 0 Å². The molecule has 0 fully saturated rings. The van der Waals surface area contributed by atoms with Crippen molar-refractivity contribution in [1.82, 2.24) is 0 Å². The number of benzene rings is 1. The second kappa shape index (κ2) is 3.82. The lowest BCUT2D eigenvalue weighted by Gasteiger charge is -2.21. The number of rotatable bonds is 2. The first-order valence-corrected chi connectivity index (χ1v) is 4.55. The first-order chi connectivity index (χ1) is 6.49. The Bertz CT molecular complexity index is 335. The molecule has 1 rings (SSSR count). The minimum atomic E-state index is 0.0206. The first-order valence-electron chi connectivity index (χ1n) is 4.55. The molecule has 1 aromatic rings. The van der Waals surface area contributed by atoms with Crippen molar-refractivity contribution in [3.8, 4) is 5.75 Å². The average Bonchev–Trinajstić information content (AvgIpc) is 2.15. The highest BCUT2D eigenvalue weighted by molar-refractivity contribution is 5.76. The fourth-order valence-corrected chi connectivity index (χ4v) is 1.37. The quantitative estimate of drug-likeness (QED) is 0.717. The molecular formula is C12H15O2. The van der Waals surface area contributed by atoms with Crippen LogP contribution in [0, 0.1) is 0 Å². The Kier molecular flexibility index (Phi) is 2.94. The number of hydrogen-bond acceptors (Lipinski definition) is 2. The summed E-state index contributed by atoms with van der Waals surface area (Å²) >= 11 is 0. The minimum Gasteiger partial charge on any atom is -0.496 e. The van der Waals surface area contributed by atoms with Gasteiger partial charge in [0, 0.05) is 5.56 Å². The van der Waals surface area contributed by atoms with Crippen LogP contribution in [0.15, 0.2) is 18.2 Å². The van der Waals surface area contributed by atoms with E-state index in [1.807, 2.05) is 12.4 Å². The van der Waals surface area contributed by atoms with Crippen molar-refractivity contribution in [3.63, 3.8) is 0 Å². The SMILES string of the molecule is COc1cc([C]=O)ccc1C(C)(C)C. The Morgan fingerprint density at radius 1 is 1.29 bits per heavy atom. The van der Waals surface area contributed by atoms with Gasteiger partial charge in [-0.2, -0.15) is 0 Å². The van der Waals surface area contributed by atoms with Crippen molar-refractivity contribution < 1.29 is 9.53 Å². The Hall–Kier alpha value is -1.31. The molecular weight excluding hydrogens is 176 g/mol. The van der Waals surface area contributed by atoms with Crippen molar-refractivity contribution in [2.75, 3.05) is 7.11 Å². The predicted molar refractivity (Wildman–Crippen MR) is 56.5 cm³/mol. The van der Waals surface area contributed by atoms with Crippen LogP contribution in [0.3, 0.4) is 0 Å². The highest BCUT2D eigenvalue weighted by Crippen LogP contribution is 2.31. The van der Waals surface area contributed by atoms with Crippen LogP contribution in [0.25, 0.3) is 0 Å². The second-order valence-corrected chi connectivity index (χ2v) is 4.27. The molecule has 0 heterocycles. The Morgan fingerprint density at radius 2 is 1.93 bits per heavy atom. The van der Waals surface area contributed by atoms with Crippen LogP contribution in [-0.4, -0.2) is 13.4 Å². The van der Waals surface area contributed by atoms with E-state index in [-0.39, 0.29) is 5.41 Å². The zero-order chi connectivity index (χ0) is 10.8. The van der Waals surface area contributed by atoms with E-state index in [2.05, 4.69) is 20.8 Å². The summed E-state index contributed by atoms with van der Waals surface area (Å²) in [5, 5.41) is 0. The molecule has 0 N–H and O–H groups in total. The number of ether oxygens (including phenoxy) is 1. The zero-order valence-corrected chi connectivity index (χ0v) is 9.05. The van der Waals surface area contributed by atoms with Gasteiger partial charge >= 0.3 is 0 Å². The largest absolute Gasteiger partial charge is 0.496 e. The van der Waals surface area contributed by atoms with E-state index in [0.29, 0.717) is 5.56 Å². The number of methoxy groups -OCH3 is 1. The van der Waals surface area contributed by atoms with Crippen LogP contribution in [-0.2, 0) is 10.2 Å². The van der Waals surface area contributed by atoms with Gasteiger partial charge in [0.2, 0.25) is 6.29 Å². The van der Waals surface area contributed by atoms with Crippen LogP contribution in [0.5, 0.6) is 5.75 Å². The third-order valence-electron chi connectivity index (χ3n) is 2.13. The molecule has 0 saturated heterocycles. The topological polar surface area (TPSA) is 26.3 Å². The monoisotopic (exact) mass is 191 g/mol. The smallest absolute Gasteiger partial charge is 0.233 e. The van der Waals surface area contributed by atoms with Gasteiger partial charge in [0.05, 0.1) is 7.11 Å². The molecule has 2 heteroatoms. The summed E-state index contributed by atoms with van der Waals surface area (Å²) in [6, 6.07) is 5.39. The Balaban J connectivity index is 3.25. The minimum absolute atomic E-state index is 0.0206. The Labute approximate surface area is 84.9 Å².